The molecule has 0 unspecified atom stereocenters. The number of pyridine rings is 1. The van der Waals surface area contributed by atoms with E-state index in [9.17, 15) is 36.2 Å². The number of aliphatic hydroxyl groups excluding tert-OH is 1. The summed E-state index contributed by atoms with van der Waals surface area (Å²) in [4.78, 5) is 15.6. The number of halogens is 6. The lowest BCUT2D eigenvalue weighted by atomic mass is 10.0. The number of ether oxygens (including phenoxy) is 1. The Morgan fingerprint density at radius 2 is 1.84 bits per heavy atom. The van der Waals surface area contributed by atoms with E-state index in [1.165, 1.54) is 19.9 Å². The number of aryl methyl sites for hydroxylation is 1. The first kappa shape index (κ1) is 28.6. The van der Waals surface area contributed by atoms with Crippen LogP contribution in [0.25, 0.3) is 11.3 Å². The van der Waals surface area contributed by atoms with Crippen LogP contribution < -0.4 is 15.4 Å². The maximum absolute atomic E-state index is 13.5. The molecule has 0 spiro atoms. The predicted molar refractivity (Wildman–Crippen MR) is 121 cm³/mol. The maximum atomic E-state index is 13.5. The van der Waals surface area contributed by atoms with Crippen molar-refractivity contribution in [2.24, 2.45) is 0 Å². The van der Waals surface area contributed by atoms with E-state index in [4.69, 9.17) is 4.74 Å². The SMILES string of the molecule is CCOc1cc(NC(=O)NCc2cc(C)c(-c3c(C(F)(F)F)n[nH]c3C[C@H](C)O)nn2)cc(C(F)(F)F)n1. The zero-order valence-electron chi connectivity index (χ0n) is 20.3. The Morgan fingerprint density at radius 3 is 2.42 bits per heavy atom. The number of hydrogen-bond donors (Lipinski definition) is 4. The van der Waals surface area contributed by atoms with E-state index in [-0.39, 0.29) is 59.3 Å². The van der Waals surface area contributed by atoms with Crippen LogP contribution in [-0.4, -0.2) is 49.2 Å². The van der Waals surface area contributed by atoms with Crippen molar-refractivity contribution in [2.75, 3.05) is 11.9 Å². The molecule has 16 heteroatoms. The number of alkyl halides is 6. The summed E-state index contributed by atoms with van der Waals surface area (Å²) in [5.41, 5.74) is -2.69. The lowest BCUT2D eigenvalue weighted by molar-refractivity contribution is -0.141. The highest BCUT2D eigenvalue weighted by Gasteiger charge is 2.39. The van der Waals surface area contributed by atoms with Gasteiger partial charge in [0.15, 0.2) is 11.4 Å². The van der Waals surface area contributed by atoms with Gasteiger partial charge in [-0.2, -0.15) is 36.5 Å². The second kappa shape index (κ2) is 11.2. The van der Waals surface area contributed by atoms with Gasteiger partial charge >= 0.3 is 18.4 Å². The van der Waals surface area contributed by atoms with E-state index in [1.54, 1.807) is 6.92 Å². The van der Waals surface area contributed by atoms with Gasteiger partial charge in [-0.15, -0.1) is 5.10 Å². The molecule has 0 aliphatic carbocycles. The van der Waals surface area contributed by atoms with E-state index in [2.05, 4.69) is 36.0 Å². The van der Waals surface area contributed by atoms with Crippen LogP contribution in [0, 0.1) is 6.92 Å². The summed E-state index contributed by atoms with van der Waals surface area (Å²) in [6.45, 7) is 4.26. The zero-order chi connectivity index (χ0) is 28.3. The lowest BCUT2D eigenvalue weighted by Crippen LogP contribution is -2.29. The smallest absolute Gasteiger partial charge is 0.435 e. The molecule has 0 aromatic carbocycles. The second-order valence-electron chi connectivity index (χ2n) is 8.16. The second-order valence-corrected chi connectivity index (χ2v) is 8.16. The Kier molecular flexibility index (Phi) is 8.44. The number of rotatable bonds is 8. The van der Waals surface area contributed by atoms with Crippen LogP contribution in [0.4, 0.5) is 36.8 Å². The van der Waals surface area contributed by atoms with Crippen molar-refractivity contribution in [3.05, 3.63) is 46.5 Å². The number of anilines is 1. The third-order valence-corrected chi connectivity index (χ3v) is 4.95. The molecular weight excluding hydrogens is 524 g/mol. The number of nitrogens with zero attached hydrogens (tertiary/aromatic N) is 4. The number of carbonyl (C=O) groups is 1. The van der Waals surface area contributed by atoms with Crippen LogP contribution in [0.3, 0.4) is 0 Å². The molecule has 4 N–H and O–H groups in total. The van der Waals surface area contributed by atoms with Crippen LogP contribution >= 0.6 is 0 Å². The Hall–Kier alpha value is -3.95. The first-order valence-corrected chi connectivity index (χ1v) is 11.1. The van der Waals surface area contributed by atoms with Gasteiger partial charge in [0, 0.05) is 23.9 Å². The quantitative estimate of drug-likeness (QED) is 0.310. The summed E-state index contributed by atoms with van der Waals surface area (Å²) in [5, 5.41) is 27.7. The third kappa shape index (κ3) is 7.08. The molecule has 2 amide bonds. The molecular formula is C22H23F6N7O3. The summed E-state index contributed by atoms with van der Waals surface area (Å²) < 4.78 is 84.9. The summed E-state index contributed by atoms with van der Waals surface area (Å²) in [7, 11) is 0. The topological polar surface area (TPSA) is 138 Å². The largest absolute Gasteiger partial charge is 0.478 e. The van der Waals surface area contributed by atoms with Gasteiger partial charge in [0.2, 0.25) is 5.88 Å². The average molecular weight is 547 g/mol. The molecule has 38 heavy (non-hydrogen) atoms. The van der Waals surface area contributed by atoms with E-state index in [0.717, 1.165) is 6.07 Å². The Labute approximate surface area is 211 Å². The summed E-state index contributed by atoms with van der Waals surface area (Å²) in [6.07, 6.45) is -10.7. The molecule has 0 saturated heterocycles. The number of carbonyl (C=O) groups excluding carboxylic acids is 1. The van der Waals surface area contributed by atoms with Crippen LogP contribution in [0.2, 0.25) is 0 Å². The number of aromatic amines is 1. The fourth-order valence-electron chi connectivity index (χ4n) is 3.45. The minimum atomic E-state index is -4.80. The van der Waals surface area contributed by atoms with Crippen molar-refractivity contribution in [3.63, 3.8) is 0 Å². The average Bonchev–Trinajstić information content (AvgIpc) is 3.20. The molecule has 0 saturated carbocycles. The fraction of sp³-hybridized carbons (Fsp3) is 0.409. The van der Waals surface area contributed by atoms with Gasteiger partial charge in [0.25, 0.3) is 0 Å². The Balaban J connectivity index is 1.77. The summed E-state index contributed by atoms with van der Waals surface area (Å²) in [5.74, 6) is -0.331. The highest BCUT2D eigenvalue weighted by atomic mass is 19.4. The number of H-pyrrole nitrogens is 1. The number of aromatic nitrogens is 5. The third-order valence-electron chi connectivity index (χ3n) is 4.95. The molecule has 0 aliphatic rings. The van der Waals surface area contributed by atoms with Crippen molar-refractivity contribution >= 4 is 11.7 Å². The first-order valence-electron chi connectivity index (χ1n) is 11.1. The Morgan fingerprint density at radius 1 is 1.13 bits per heavy atom. The van der Waals surface area contributed by atoms with E-state index < -0.39 is 35.9 Å². The fourth-order valence-corrected chi connectivity index (χ4v) is 3.45. The summed E-state index contributed by atoms with van der Waals surface area (Å²) >= 11 is 0. The minimum absolute atomic E-state index is 0.0250. The number of amides is 2. The molecule has 3 aromatic rings. The van der Waals surface area contributed by atoms with Crippen molar-refractivity contribution in [3.8, 4) is 17.1 Å². The molecule has 1 atom stereocenters. The summed E-state index contributed by atoms with van der Waals surface area (Å²) in [6, 6.07) is 2.26. The maximum Gasteiger partial charge on any atom is 0.435 e. The van der Waals surface area contributed by atoms with Crippen molar-refractivity contribution in [2.45, 2.75) is 52.2 Å². The number of aliphatic hydroxyl groups is 1. The highest BCUT2D eigenvalue weighted by molar-refractivity contribution is 5.89. The first-order chi connectivity index (χ1) is 17.7. The molecule has 3 heterocycles. The van der Waals surface area contributed by atoms with Crippen molar-refractivity contribution < 1.29 is 41.0 Å². The van der Waals surface area contributed by atoms with Crippen LogP contribution in [0.5, 0.6) is 5.88 Å². The predicted octanol–water partition coefficient (Wildman–Crippen LogP) is 4.25. The van der Waals surface area contributed by atoms with Crippen molar-refractivity contribution in [1.82, 2.24) is 30.7 Å². The van der Waals surface area contributed by atoms with Crippen LogP contribution in [-0.2, 0) is 25.3 Å². The molecule has 3 rings (SSSR count). The zero-order valence-corrected chi connectivity index (χ0v) is 20.3. The van der Waals surface area contributed by atoms with Gasteiger partial charge in [-0.3, -0.25) is 5.10 Å². The number of nitrogens with one attached hydrogen (secondary N) is 3. The minimum Gasteiger partial charge on any atom is -0.478 e. The van der Waals surface area contributed by atoms with E-state index in [0.29, 0.717) is 6.07 Å². The standard InChI is InChI=1S/C22H23F6N7O3/c1-4-38-16-8-12(7-15(31-16)21(23,24)25)30-20(37)29-9-13-5-10(2)18(34-32-13)17-14(6-11(3)36)33-35-19(17)22(26,27)28/h5,7-8,11,36H,4,6,9H2,1-3H3,(H,33,35)(H2,29,30,31,37)/t11-/m0/s1. The highest BCUT2D eigenvalue weighted by Crippen LogP contribution is 2.38. The van der Waals surface area contributed by atoms with Gasteiger partial charge in [0.1, 0.15) is 0 Å². The molecule has 0 fully saturated rings. The van der Waals surface area contributed by atoms with Gasteiger partial charge in [0.05, 0.1) is 36.2 Å². The molecule has 0 aliphatic heterocycles. The lowest BCUT2D eigenvalue weighted by Gasteiger charge is -2.13. The molecule has 0 radical (unpaired) electrons. The normalized spacial score (nSPS) is 12.8. The van der Waals surface area contributed by atoms with Crippen molar-refractivity contribution in [1.29, 1.82) is 0 Å². The monoisotopic (exact) mass is 547 g/mol. The van der Waals surface area contributed by atoms with Gasteiger partial charge in [-0.1, -0.05) is 0 Å². The van der Waals surface area contributed by atoms with Gasteiger partial charge in [-0.25, -0.2) is 9.78 Å². The van der Waals surface area contributed by atoms with Gasteiger partial charge in [-0.05, 0) is 38.5 Å². The van der Waals surface area contributed by atoms with Gasteiger partial charge < -0.3 is 20.5 Å². The number of urea groups is 1. The van der Waals surface area contributed by atoms with Crippen LogP contribution in [0.15, 0.2) is 18.2 Å². The molecule has 206 valence electrons. The molecule has 10 nitrogen and oxygen atoms in total. The number of hydrogen-bond acceptors (Lipinski definition) is 7. The van der Waals surface area contributed by atoms with E-state index >= 15 is 0 Å². The molecule has 0 bridgehead atoms. The van der Waals surface area contributed by atoms with E-state index in [1.807, 2.05) is 0 Å². The Bertz CT molecular complexity index is 1290. The molecule has 3 aromatic heterocycles. The van der Waals surface area contributed by atoms with Crippen LogP contribution in [0.1, 0.15) is 42.2 Å².